The number of aliphatic hydroxyl groups excluding tert-OH is 1. The minimum atomic E-state index is 0.0615. The Labute approximate surface area is 84.6 Å². The molecular weight excluding hydrogens is 178 g/mol. The summed E-state index contributed by atoms with van der Waals surface area (Å²) in [6.45, 7) is 5.92. The first-order chi connectivity index (χ1) is 6.56. The number of aliphatic hydroxyl groups is 1. The van der Waals surface area contributed by atoms with Crippen molar-refractivity contribution in [3.63, 3.8) is 0 Å². The summed E-state index contributed by atoms with van der Waals surface area (Å²) in [5.41, 5.74) is 1.87. The first kappa shape index (κ1) is 10.9. The highest BCUT2D eigenvalue weighted by atomic mass is 16.3. The summed E-state index contributed by atoms with van der Waals surface area (Å²) in [6.07, 6.45) is 1.73. The molecule has 4 heteroatoms. The number of hydrogen-bond donors (Lipinski definition) is 1. The molecule has 0 radical (unpaired) electrons. The number of likely N-dealkylation sites (N-methyl/N-ethyl adjacent to an activating group) is 1. The molecule has 0 saturated carbocycles. The maximum absolute atomic E-state index is 9.00. The molecule has 0 aliphatic heterocycles. The largest absolute Gasteiger partial charge is 0.394 e. The van der Waals surface area contributed by atoms with Gasteiger partial charge in [0.2, 0.25) is 0 Å². The zero-order valence-corrected chi connectivity index (χ0v) is 9.15. The molecular formula is C10H17N3O. The molecule has 1 atom stereocenters. The van der Waals surface area contributed by atoms with Crippen LogP contribution >= 0.6 is 0 Å². The van der Waals surface area contributed by atoms with Gasteiger partial charge in [-0.15, -0.1) is 0 Å². The van der Waals surface area contributed by atoms with Crippen molar-refractivity contribution >= 4 is 5.82 Å². The van der Waals surface area contributed by atoms with Gasteiger partial charge in [0.05, 0.1) is 30.2 Å². The predicted octanol–water partition coefficient (Wildman–Crippen LogP) is 0.910. The Kier molecular flexibility index (Phi) is 3.41. The summed E-state index contributed by atoms with van der Waals surface area (Å²) < 4.78 is 0. The SMILES string of the molecule is Cc1ncc(N(C)C(C)CO)nc1C. The van der Waals surface area contributed by atoms with Gasteiger partial charge in [0.1, 0.15) is 5.82 Å². The van der Waals surface area contributed by atoms with Gasteiger partial charge in [-0.25, -0.2) is 4.98 Å². The van der Waals surface area contributed by atoms with Gasteiger partial charge in [0.25, 0.3) is 0 Å². The van der Waals surface area contributed by atoms with Crippen molar-refractivity contribution < 1.29 is 5.11 Å². The van der Waals surface area contributed by atoms with Gasteiger partial charge in [-0.2, -0.15) is 0 Å². The number of anilines is 1. The van der Waals surface area contributed by atoms with Crippen LogP contribution in [0, 0.1) is 13.8 Å². The second-order valence-electron chi connectivity index (χ2n) is 3.54. The number of nitrogens with zero attached hydrogens (tertiary/aromatic N) is 3. The standard InChI is InChI=1S/C10H17N3O/c1-7(6-14)13(4)10-5-11-8(2)9(3)12-10/h5,7,14H,6H2,1-4H3. The molecule has 0 aromatic carbocycles. The van der Waals surface area contributed by atoms with Crippen molar-refractivity contribution in [1.82, 2.24) is 9.97 Å². The molecule has 0 amide bonds. The summed E-state index contributed by atoms with van der Waals surface area (Å²) in [5, 5.41) is 9.00. The van der Waals surface area contributed by atoms with Crippen LogP contribution < -0.4 is 4.90 Å². The van der Waals surface area contributed by atoms with E-state index < -0.39 is 0 Å². The Morgan fingerprint density at radius 1 is 1.43 bits per heavy atom. The predicted molar refractivity (Wildman–Crippen MR) is 56.5 cm³/mol. The highest BCUT2D eigenvalue weighted by Gasteiger charge is 2.10. The third-order valence-corrected chi connectivity index (χ3v) is 2.47. The normalized spacial score (nSPS) is 12.6. The van der Waals surface area contributed by atoms with E-state index in [1.807, 2.05) is 32.7 Å². The van der Waals surface area contributed by atoms with Crippen LogP contribution in [0.25, 0.3) is 0 Å². The second-order valence-corrected chi connectivity index (χ2v) is 3.54. The number of aryl methyl sites for hydroxylation is 2. The van der Waals surface area contributed by atoms with Crippen LogP contribution in [0.4, 0.5) is 5.82 Å². The smallest absolute Gasteiger partial charge is 0.147 e. The maximum Gasteiger partial charge on any atom is 0.147 e. The zero-order valence-electron chi connectivity index (χ0n) is 9.15. The van der Waals surface area contributed by atoms with Crippen LogP contribution in [-0.2, 0) is 0 Å². The number of aromatic nitrogens is 2. The highest BCUT2D eigenvalue weighted by Crippen LogP contribution is 2.12. The van der Waals surface area contributed by atoms with E-state index in [1.54, 1.807) is 6.20 Å². The van der Waals surface area contributed by atoms with Crippen molar-refractivity contribution in [2.45, 2.75) is 26.8 Å². The topological polar surface area (TPSA) is 49.2 Å². The Balaban J connectivity index is 2.91. The minimum Gasteiger partial charge on any atom is -0.394 e. The number of hydrogen-bond acceptors (Lipinski definition) is 4. The van der Waals surface area contributed by atoms with E-state index >= 15 is 0 Å². The third-order valence-electron chi connectivity index (χ3n) is 2.47. The first-order valence-electron chi connectivity index (χ1n) is 4.70. The lowest BCUT2D eigenvalue weighted by Crippen LogP contribution is -2.32. The lowest BCUT2D eigenvalue weighted by molar-refractivity contribution is 0.269. The van der Waals surface area contributed by atoms with Gasteiger partial charge in [0, 0.05) is 7.05 Å². The van der Waals surface area contributed by atoms with E-state index in [9.17, 15) is 0 Å². The molecule has 0 bridgehead atoms. The van der Waals surface area contributed by atoms with E-state index in [0.29, 0.717) is 0 Å². The summed E-state index contributed by atoms with van der Waals surface area (Å²) in [6, 6.07) is 0.0615. The molecule has 1 unspecified atom stereocenters. The average Bonchev–Trinajstić information content (AvgIpc) is 2.20. The summed E-state index contributed by atoms with van der Waals surface area (Å²) in [7, 11) is 1.90. The fourth-order valence-corrected chi connectivity index (χ4v) is 1.05. The van der Waals surface area contributed by atoms with E-state index in [2.05, 4.69) is 9.97 Å². The summed E-state index contributed by atoms with van der Waals surface area (Å²) in [5.74, 6) is 0.801. The molecule has 1 aromatic rings. The Morgan fingerprint density at radius 3 is 2.57 bits per heavy atom. The van der Waals surface area contributed by atoms with Crippen LogP contribution in [0.2, 0.25) is 0 Å². The average molecular weight is 195 g/mol. The summed E-state index contributed by atoms with van der Waals surface area (Å²) >= 11 is 0. The third kappa shape index (κ3) is 2.20. The van der Waals surface area contributed by atoms with Crippen LogP contribution in [0.3, 0.4) is 0 Å². The van der Waals surface area contributed by atoms with Gasteiger partial charge in [-0.1, -0.05) is 0 Å². The van der Waals surface area contributed by atoms with Crippen molar-refractivity contribution in [1.29, 1.82) is 0 Å². The van der Waals surface area contributed by atoms with Crippen molar-refractivity contribution in [2.24, 2.45) is 0 Å². The van der Waals surface area contributed by atoms with Crippen LogP contribution in [0.5, 0.6) is 0 Å². The molecule has 1 N–H and O–H groups in total. The molecule has 1 aromatic heterocycles. The highest BCUT2D eigenvalue weighted by molar-refractivity contribution is 5.37. The molecule has 0 saturated heterocycles. The molecule has 1 rings (SSSR count). The first-order valence-corrected chi connectivity index (χ1v) is 4.70. The van der Waals surface area contributed by atoms with Gasteiger partial charge < -0.3 is 10.0 Å². The fourth-order valence-electron chi connectivity index (χ4n) is 1.05. The van der Waals surface area contributed by atoms with E-state index in [4.69, 9.17) is 5.11 Å². The van der Waals surface area contributed by atoms with Crippen LogP contribution in [0.15, 0.2) is 6.20 Å². The molecule has 0 aliphatic rings. The van der Waals surface area contributed by atoms with Crippen LogP contribution in [0.1, 0.15) is 18.3 Å². The van der Waals surface area contributed by atoms with Gasteiger partial charge in [-0.05, 0) is 20.8 Å². The summed E-state index contributed by atoms with van der Waals surface area (Å²) in [4.78, 5) is 10.5. The Morgan fingerprint density at radius 2 is 2.07 bits per heavy atom. The molecule has 4 nitrogen and oxygen atoms in total. The second kappa shape index (κ2) is 4.37. The Bertz CT molecular complexity index is 314. The van der Waals surface area contributed by atoms with Gasteiger partial charge in [-0.3, -0.25) is 4.98 Å². The monoisotopic (exact) mass is 195 g/mol. The van der Waals surface area contributed by atoms with E-state index in [-0.39, 0.29) is 12.6 Å². The van der Waals surface area contributed by atoms with E-state index in [1.165, 1.54) is 0 Å². The zero-order chi connectivity index (χ0) is 10.7. The lowest BCUT2D eigenvalue weighted by Gasteiger charge is -2.24. The maximum atomic E-state index is 9.00. The molecule has 1 heterocycles. The van der Waals surface area contributed by atoms with Crippen molar-refractivity contribution in [2.75, 3.05) is 18.6 Å². The van der Waals surface area contributed by atoms with E-state index in [0.717, 1.165) is 17.2 Å². The van der Waals surface area contributed by atoms with Crippen LogP contribution in [-0.4, -0.2) is 34.8 Å². The van der Waals surface area contributed by atoms with Crippen molar-refractivity contribution in [3.8, 4) is 0 Å². The number of rotatable bonds is 3. The molecule has 0 spiro atoms. The molecule has 78 valence electrons. The van der Waals surface area contributed by atoms with Gasteiger partial charge in [0.15, 0.2) is 0 Å². The van der Waals surface area contributed by atoms with Gasteiger partial charge >= 0.3 is 0 Å². The minimum absolute atomic E-state index is 0.0615. The molecule has 0 aliphatic carbocycles. The lowest BCUT2D eigenvalue weighted by atomic mass is 10.3. The molecule has 0 fully saturated rings. The fraction of sp³-hybridized carbons (Fsp3) is 0.600. The van der Waals surface area contributed by atoms with Crippen molar-refractivity contribution in [3.05, 3.63) is 17.6 Å². The molecule has 14 heavy (non-hydrogen) atoms. The quantitative estimate of drug-likeness (QED) is 0.779. The Hall–Kier alpha value is -1.16.